The Labute approximate surface area is 203 Å². The number of unbranched alkanes of at least 4 members (excludes halogenated alkanes) is 1. The number of para-hydroxylation sites is 2. The van der Waals surface area contributed by atoms with Gasteiger partial charge in [-0.25, -0.2) is 9.37 Å². The number of aromatic nitrogens is 2. The lowest BCUT2D eigenvalue weighted by atomic mass is 10.1. The van der Waals surface area contributed by atoms with Gasteiger partial charge in [-0.1, -0.05) is 35.9 Å². The standard InChI is InChI=1S/C27H27ClFN3O2/c1-18-15-20(16-19(2)26(18)28)34-14-8-7-13-32-24-12-6-5-11-23(24)31-25(32)17-30-27(33)21-9-3-4-10-22(21)29/h3-6,9-12,15-16H,7-8,13-14,17H2,1-2H3,(H,30,33). The topological polar surface area (TPSA) is 56.1 Å². The molecule has 1 heterocycles. The molecule has 1 N–H and O–H groups in total. The zero-order valence-corrected chi connectivity index (χ0v) is 20.0. The van der Waals surface area contributed by atoms with E-state index in [2.05, 4.69) is 14.9 Å². The zero-order chi connectivity index (χ0) is 24.1. The highest BCUT2D eigenvalue weighted by Crippen LogP contribution is 2.26. The number of hydrogen-bond donors (Lipinski definition) is 1. The van der Waals surface area contributed by atoms with E-state index >= 15 is 0 Å². The number of carbonyl (C=O) groups is 1. The maximum atomic E-state index is 13.9. The minimum absolute atomic E-state index is 0.0231. The summed E-state index contributed by atoms with van der Waals surface area (Å²) in [5.41, 5.74) is 3.89. The highest BCUT2D eigenvalue weighted by molar-refractivity contribution is 6.32. The van der Waals surface area contributed by atoms with Crippen LogP contribution in [-0.2, 0) is 13.1 Å². The first-order valence-corrected chi connectivity index (χ1v) is 11.7. The monoisotopic (exact) mass is 479 g/mol. The molecule has 0 aliphatic heterocycles. The van der Waals surface area contributed by atoms with Crippen LogP contribution in [0.1, 0.15) is 40.2 Å². The lowest BCUT2D eigenvalue weighted by molar-refractivity contribution is 0.0945. The number of fused-ring (bicyclic) bond motifs is 1. The first kappa shape index (κ1) is 23.8. The van der Waals surface area contributed by atoms with Crippen LogP contribution in [0.5, 0.6) is 5.75 Å². The van der Waals surface area contributed by atoms with Gasteiger partial charge in [0, 0.05) is 11.6 Å². The number of amides is 1. The summed E-state index contributed by atoms with van der Waals surface area (Å²) in [6.07, 6.45) is 1.73. The number of ether oxygens (including phenoxy) is 1. The van der Waals surface area contributed by atoms with Crippen LogP contribution < -0.4 is 10.1 Å². The SMILES string of the molecule is Cc1cc(OCCCCn2c(CNC(=O)c3ccccc3F)nc3ccccc32)cc(C)c1Cl. The second-order valence-corrected chi connectivity index (χ2v) is 8.64. The highest BCUT2D eigenvalue weighted by atomic mass is 35.5. The van der Waals surface area contributed by atoms with Crippen molar-refractivity contribution in [2.75, 3.05) is 6.61 Å². The van der Waals surface area contributed by atoms with E-state index in [1.165, 1.54) is 12.1 Å². The second-order valence-electron chi connectivity index (χ2n) is 8.26. The van der Waals surface area contributed by atoms with Crippen LogP contribution >= 0.6 is 11.6 Å². The van der Waals surface area contributed by atoms with Gasteiger partial charge in [-0.05, 0) is 74.2 Å². The average Bonchev–Trinajstić information content (AvgIpc) is 3.18. The summed E-state index contributed by atoms with van der Waals surface area (Å²) in [6.45, 7) is 5.47. The Morgan fingerprint density at radius 3 is 2.53 bits per heavy atom. The molecule has 0 fully saturated rings. The van der Waals surface area contributed by atoms with Crippen molar-refractivity contribution in [2.24, 2.45) is 0 Å². The van der Waals surface area contributed by atoms with E-state index in [-0.39, 0.29) is 12.1 Å². The summed E-state index contributed by atoms with van der Waals surface area (Å²) in [7, 11) is 0. The minimum Gasteiger partial charge on any atom is -0.494 e. The van der Waals surface area contributed by atoms with Crippen LogP contribution in [0.25, 0.3) is 11.0 Å². The fraction of sp³-hybridized carbons (Fsp3) is 0.259. The molecule has 3 aromatic carbocycles. The summed E-state index contributed by atoms with van der Waals surface area (Å²) in [4.78, 5) is 17.1. The van der Waals surface area contributed by atoms with E-state index < -0.39 is 11.7 Å². The predicted octanol–water partition coefficient (Wildman–Crippen LogP) is 6.23. The molecule has 0 atom stereocenters. The highest BCUT2D eigenvalue weighted by Gasteiger charge is 2.14. The van der Waals surface area contributed by atoms with Crippen molar-refractivity contribution in [2.45, 2.75) is 39.8 Å². The fourth-order valence-electron chi connectivity index (χ4n) is 3.96. The quantitative estimate of drug-likeness (QED) is 0.289. The second kappa shape index (κ2) is 10.7. The third-order valence-corrected chi connectivity index (χ3v) is 6.31. The third-order valence-electron chi connectivity index (χ3n) is 5.71. The lowest BCUT2D eigenvalue weighted by Gasteiger charge is -2.12. The Balaban J connectivity index is 1.38. The summed E-state index contributed by atoms with van der Waals surface area (Å²) in [5, 5.41) is 3.57. The van der Waals surface area contributed by atoms with Gasteiger partial charge in [-0.2, -0.15) is 0 Å². The number of carbonyl (C=O) groups excluding carboxylic acids is 1. The Morgan fingerprint density at radius 2 is 1.76 bits per heavy atom. The van der Waals surface area contributed by atoms with Gasteiger partial charge in [0.1, 0.15) is 17.4 Å². The summed E-state index contributed by atoms with van der Waals surface area (Å²) >= 11 is 6.23. The molecule has 0 aliphatic carbocycles. The minimum atomic E-state index is -0.542. The van der Waals surface area contributed by atoms with Crippen LogP contribution in [0, 0.1) is 19.7 Å². The van der Waals surface area contributed by atoms with Gasteiger partial charge >= 0.3 is 0 Å². The number of nitrogens with zero attached hydrogens (tertiary/aromatic N) is 2. The normalized spacial score (nSPS) is 11.1. The molecule has 0 unspecified atom stereocenters. The van der Waals surface area contributed by atoms with Crippen molar-refractivity contribution in [3.8, 4) is 5.75 Å². The largest absolute Gasteiger partial charge is 0.494 e. The number of halogens is 2. The van der Waals surface area contributed by atoms with Gasteiger partial charge in [-0.3, -0.25) is 4.79 Å². The lowest BCUT2D eigenvalue weighted by Crippen LogP contribution is -2.25. The Bertz CT molecular complexity index is 1300. The van der Waals surface area contributed by atoms with E-state index in [9.17, 15) is 9.18 Å². The third kappa shape index (κ3) is 5.39. The molecular formula is C27H27ClFN3O2. The number of rotatable bonds is 9. The molecule has 4 aromatic rings. The van der Waals surface area contributed by atoms with E-state index in [1.807, 2.05) is 50.2 Å². The number of imidazole rings is 1. The van der Waals surface area contributed by atoms with Crippen LogP contribution in [0.2, 0.25) is 5.02 Å². The van der Waals surface area contributed by atoms with E-state index in [0.717, 1.165) is 58.1 Å². The average molecular weight is 480 g/mol. The van der Waals surface area contributed by atoms with Crippen molar-refractivity contribution < 1.29 is 13.9 Å². The number of benzene rings is 3. The maximum Gasteiger partial charge on any atom is 0.254 e. The smallest absolute Gasteiger partial charge is 0.254 e. The summed E-state index contributed by atoms with van der Waals surface area (Å²) < 4.78 is 22.0. The van der Waals surface area contributed by atoms with Gasteiger partial charge in [0.25, 0.3) is 5.91 Å². The molecule has 4 rings (SSSR count). The number of nitrogens with one attached hydrogen (secondary N) is 1. The molecule has 1 aromatic heterocycles. The van der Waals surface area contributed by atoms with E-state index in [4.69, 9.17) is 16.3 Å². The zero-order valence-electron chi connectivity index (χ0n) is 19.3. The molecule has 34 heavy (non-hydrogen) atoms. The molecule has 0 saturated heterocycles. The van der Waals surface area contributed by atoms with E-state index in [1.54, 1.807) is 12.1 Å². The van der Waals surface area contributed by atoms with Crippen molar-refractivity contribution in [3.63, 3.8) is 0 Å². The van der Waals surface area contributed by atoms with Crippen LogP contribution in [-0.4, -0.2) is 22.1 Å². The van der Waals surface area contributed by atoms with Gasteiger partial charge in [0.05, 0.1) is 29.7 Å². The molecule has 0 spiro atoms. The first-order valence-electron chi connectivity index (χ1n) is 11.3. The Kier molecular flexibility index (Phi) is 7.48. The Hall–Kier alpha value is -3.38. The van der Waals surface area contributed by atoms with Crippen molar-refractivity contribution in [3.05, 3.63) is 94.0 Å². The van der Waals surface area contributed by atoms with Crippen molar-refractivity contribution in [1.29, 1.82) is 0 Å². The number of hydrogen-bond acceptors (Lipinski definition) is 3. The van der Waals surface area contributed by atoms with Crippen LogP contribution in [0.15, 0.2) is 60.7 Å². The van der Waals surface area contributed by atoms with Gasteiger partial charge in [0.2, 0.25) is 0 Å². The Morgan fingerprint density at radius 1 is 1.06 bits per heavy atom. The van der Waals surface area contributed by atoms with Crippen LogP contribution in [0.3, 0.4) is 0 Å². The van der Waals surface area contributed by atoms with Gasteiger partial charge in [-0.15, -0.1) is 0 Å². The molecule has 176 valence electrons. The number of aryl methyl sites for hydroxylation is 3. The fourth-order valence-corrected chi connectivity index (χ4v) is 4.07. The molecule has 5 nitrogen and oxygen atoms in total. The first-order chi connectivity index (χ1) is 16.4. The molecule has 1 amide bonds. The molecular weight excluding hydrogens is 453 g/mol. The van der Waals surface area contributed by atoms with Gasteiger partial charge in [0.15, 0.2) is 0 Å². The molecule has 7 heteroatoms. The molecule has 0 bridgehead atoms. The summed E-state index contributed by atoms with van der Waals surface area (Å²) in [5.74, 6) is 0.554. The van der Waals surface area contributed by atoms with E-state index in [0.29, 0.717) is 6.61 Å². The predicted molar refractivity (Wildman–Crippen MR) is 133 cm³/mol. The van der Waals surface area contributed by atoms with Crippen LogP contribution in [0.4, 0.5) is 4.39 Å². The maximum absolute atomic E-state index is 13.9. The summed E-state index contributed by atoms with van der Waals surface area (Å²) in [6, 6.07) is 17.7. The molecule has 0 radical (unpaired) electrons. The van der Waals surface area contributed by atoms with Crippen molar-refractivity contribution in [1.82, 2.24) is 14.9 Å². The molecule has 0 aliphatic rings. The van der Waals surface area contributed by atoms with Gasteiger partial charge < -0.3 is 14.6 Å². The van der Waals surface area contributed by atoms with Crippen molar-refractivity contribution >= 4 is 28.5 Å². The molecule has 0 saturated carbocycles.